The number of morpholine rings is 1. The first kappa shape index (κ1) is 13.2. The number of amides is 1. The zero-order valence-corrected chi connectivity index (χ0v) is 10.6. The molecule has 1 atom stereocenters. The van der Waals surface area contributed by atoms with Crippen molar-refractivity contribution in [1.29, 1.82) is 0 Å². The Morgan fingerprint density at radius 3 is 2.67 bits per heavy atom. The molecule has 0 bridgehead atoms. The van der Waals surface area contributed by atoms with Gasteiger partial charge in [0.25, 0.3) is 0 Å². The summed E-state index contributed by atoms with van der Waals surface area (Å²) in [5.74, 6) is -0.938. The van der Waals surface area contributed by atoms with Gasteiger partial charge >= 0.3 is 0 Å². The second-order valence-electron chi connectivity index (χ2n) is 3.91. The Labute approximate surface area is 107 Å². The quantitative estimate of drug-likeness (QED) is 0.816. The Balaban J connectivity index is 1.99. The first-order chi connectivity index (χ1) is 8.68. The highest BCUT2D eigenvalue weighted by atomic mass is 32.2. The number of carbonyl (C=O) groups is 1. The minimum Gasteiger partial charge on any atom is -0.378 e. The Kier molecular flexibility index (Phi) is 4.43. The third-order valence-corrected chi connectivity index (χ3v) is 4.03. The summed E-state index contributed by atoms with van der Waals surface area (Å²) < 4.78 is 30.4. The predicted octanol–water partition coefficient (Wildman–Crippen LogP) is 0.792. The third-order valence-electron chi connectivity index (χ3n) is 2.70. The maximum Gasteiger partial charge on any atom is 0.235 e. The number of hydrogen-bond acceptors (Lipinski definition) is 3. The lowest BCUT2D eigenvalue weighted by Gasteiger charge is -2.26. The van der Waals surface area contributed by atoms with Gasteiger partial charge in [0.15, 0.2) is 0 Å². The van der Waals surface area contributed by atoms with Crippen LogP contribution in [0, 0.1) is 5.82 Å². The number of benzene rings is 1. The molecular formula is C12H14FNO3S. The average molecular weight is 271 g/mol. The molecule has 4 nitrogen and oxygen atoms in total. The van der Waals surface area contributed by atoms with E-state index in [9.17, 15) is 13.4 Å². The van der Waals surface area contributed by atoms with Gasteiger partial charge in [0, 0.05) is 13.1 Å². The van der Waals surface area contributed by atoms with Gasteiger partial charge in [0.05, 0.1) is 28.9 Å². The van der Waals surface area contributed by atoms with Crippen LogP contribution in [0.4, 0.5) is 4.39 Å². The molecule has 1 fully saturated rings. The molecule has 18 heavy (non-hydrogen) atoms. The van der Waals surface area contributed by atoms with E-state index in [0.29, 0.717) is 26.3 Å². The lowest BCUT2D eigenvalue weighted by atomic mass is 10.3. The Hall–Kier alpha value is -1.27. The summed E-state index contributed by atoms with van der Waals surface area (Å²) in [4.78, 5) is 13.5. The number of halogens is 1. The van der Waals surface area contributed by atoms with Crippen LogP contribution in [0.1, 0.15) is 0 Å². The summed E-state index contributed by atoms with van der Waals surface area (Å²) in [5, 5.41) is 0. The van der Waals surface area contributed by atoms with E-state index in [2.05, 4.69) is 0 Å². The largest absolute Gasteiger partial charge is 0.378 e. The van der Waals surface area contributed by atoms with Crippen molar-refractivity contribution in [2.24, 2.45) is 0 Å². The van der Waals surface area contributed by atoms with Crippen LogP contribution in [-0.2, 0) is 20.3 Å². The molecule has 1 saturated heterocycles. The molecule has 6 heteroatoms. The number of carbonyl (C=O) groups excluding carboxylic acids is 1. The van der Waals surface area contributed by atoms with E-state index in [1.165, 1.54) is 18.2 Å². The number of ether oxygens (including phenoxy) is 1. The van der Waals surface area contributed by atoms with E-state index < -0.39 is 16.6 Å². The summed E-state index contributed by atoms with van der Waals surface area (Å²) in [5.41, 5.74) is 0. The van der Waals surface area contributed by atoms with Gasteiger partial charge < -0.3 is 9.64 Å². The molecule has 0 N–H and O–H groups in total. The van der Waals surface area contributed by atoms with Crippen molar-refractivity contribution >= 4 is 16.7 Å². The summed E-state index contributed by atoms with van der Waals surface area (Å²) >= 11 is 0. The van der Waals surface area contributed by atoms with E-state index in [1.807, 2.05) is 0 Å². The molecule has 0 spiro atoms. The van der Waals surface area contributed by atoms with Gasteiger partial charge in [-0.15, -0.1) is 0 Å². The van der Waals surface area contributed by atoms with Crippen molar-refractivity contribution in [2.75, 3.05) is 32.1 Å². The molecule has 1 amide bonds. The fourth-order valence-corrected chi connectivity index (χ4v) is 2.80. The summed E-state index contributed by atoms with van der Waals surface area (Å²) in [6, 6.07) is 5.82. The Morgan fingerprint density at radius 1 is 1.33 bits per heavy atom. The van der Waals surface area contributed by atoms with Gasteiger partial charge in [0.1, 0.15) is 11.6 Å². The smallest absolute Gasteiger partial charge is 0.235 e. The van der Waals surface area contributed by atoms with Crippen LogP contribution in [0.25, 0.3) is 0 Å². The molecule has 2 rings (SSSR count). The van der Waals surface area contributed by atoms with Crippen LogP contribution in [-0.4, -0.2) is 47.1 Å². The van der Waals surface area contributed by atoms with Gasteiger partial charge in [-0.1, -0.05) is 12.1 Å². The summed E-state index contributed by atoms with van der Waals surface area (Å²) in [6.07, 6.45) is 0. The highest BCUT2D eigenvalue weighted by Gasteiger charge is 2.20. The minimum absolute atomic E-state index is 0.0825. The predicted molar refractivity (Wildman–Crippen MR) is 65.1 cm³/mol. The van der Waals surface area contributed by atoms with Gasteiger partial charge in [-0.05, 0) is 12.1 Å². The summed E-state index contributed by atoms with van der Waals surface area (Å²) in [6.45, 7) is 2.01. The lowest BCUT2D eigenvalue weighted by Crippen LogP contribution is -2.42. The second kappa shape index (κ2) is 6.06. The van der Waals surface area contributed by atoms with E-state index in [1.54, 1.807) is 11.0 Å². The first-order valence-electron chi connectivity index (χ1n) is 5.67. The fraction of sp³-hybridized carbons (Fsp3) is 0.417. The lowest BCUT2D eigenvalue weighted by molar-refractivity contribution is -0.132. The first-order valence-corrected chi connectivity index (χ1v) is 6.99. The van der Waals surface area contributed by atoms with Crippen molar-refractivity contribution in [1.82, 2.24) is 4.90 Å². The summed E-state index contributed by atoms with van der Waals surface area (Å²) in [7, 11) is -1.63. The zero-order chi connectivity index (χ0) is 13.0. The maximum absolute atomic E-state index is 13.4. The molecule has 0 saturated carbocycles. The molecule has 1 aliphatic rings. The highest BCUT2D eigenvalue weighted by Crippen LogP contribution is 2.12. The van der Waals surface area contributed by atoms with E-state index in [-0.39, 0.29) is 16.6 Å². The molecule has 0 aromatic heterocycles. The third kappa shape index (κ3) is 3.14. The van der Waals surface area contributed by atoms with Crippen LogP contribution in [0.5, 0.6) is 0 Å². The topological polar surface area (TPSA) is 46.6 Å². The van der Waals surface area contributed by atoms with E-state index in [4.69, 9.17) is 4.74 Å². The molecule has 0 aliphatic carbocycles. The van der Waals surface area contributed by atoms with Gasteiger partial charge in [0.2, 0.25) is 5.91 Å². The van der Waals surface area contributed by atoms with Crippen molar-refractivity contribution in [2.45, 2.75) is 4.90 Å². The van der Waals surface area contributed by atoms with Gasteiger partial charge in [-0.2, -0.15) is 0 Å². The second-order valence-corrected chi connectivity index (χ2v) is 5.33. The van der Waals surface area contributed by atoms with Crippen LogP contribution in [0.3, 0.4) is 0 Å². The molecule has 1 unspecified atom stereocenters. The average Bonchev–Trinajstić information content (AvgIpc) is 2.40. The number of rotatable bonds is 3. The Morgan fingerprint density at radius 2 is 2.00 bits per heavy atom. The van der Waals surface area contributed by atoms with Crippen molar-refractivity contribution in [3.05, 3.63) is 30.1 Å². The molecule has 0 radical (unpaired) electrons. The Bertz CT molecular complexity index is 460. The van der Waals surface area contributed by atoms with Crippen molar-refractivity contribution in [3.8, 4) is 0 Å². The fourth-order valence-electron chi connectivity index (χ4n) is 1.72. The van der Waals surface area contributed by atoms with Crippen LogP contribution < -0.4 is 0 Å². The molecule has 1 aliphatic heterocycles. The number of hydrogen-bond donors (Lipinski definition) is 0. The molecule has 1 aromatic carbocycles. The van der Waals surface area contributed by atoms with Crippen LogP contribution >= 0.6 is 0 Å². The van der Waals surface area contributed by atoms with E-state index in [0.717, 1.165) is 0 Å². The normalized spacial score (nSPS) is 17.5. The standard InChI is InChI=1S/C12H14FNO3S/c13-10-3-1-2-4-11(10)18(16)9-12(15)14-5-7-17-8-6-14/h1-4H,5-9H2. The maximum atomic E-state index is 13.4. The van der Waals surface area contributed by atoms with Crippen LogP contribution in [0.2, 0.25) is 0 Å². The molecule has 1 aromatic rings. The highest BCUT2D eigenvalue weighted by molar-refractivity contribution is 7.85. The van der Waals surface area contributed by atoms with Gasteiger partial charge in [-0.25, -0.2) is 4.39 Å². The minimum atomic E-state index is -1.63. The SMILES string of the molecule is O=C(CS(=O)c1ccccc1F)N1CCOCC1. The van der Waals surface area contributed by atoms with E-state index >= 15 is 0 Å². The molecule has 98 valence electrons. The van der Waals surface area contributed by atoms with Crippen LogP contribution in [0.15, 0.2) is 29.2 Å². The van der Waals surface area contributed by atoms with Crippen molar-refractivity contribution < 1.29 is 18.1 Å². The molecule has 1 heterocycles. The van der Waals surface area contributed by atoms with Crippen molar-refractivity contribution in [3.63, 3.8) is 0 Å². The monoisotopic (exact) mass is 271 g/mol. The van der Waals surface area contributed by atoms with Gasteiger partial charge in [-0.3, -0.25) is 9.00 Å². The molecular weight excluding hydrogens is 257 g/mol. The number of nitrogens with zero attached hydrogens (tertiary/aromatic N) is 1. The zero-order valence-electron chi connectivity index (χ0n) is 9.80.